The monoisotopic (exact) mass is 354 g/mol. The molecule has 0 aliphatic carbocycles. The SMILES string of the molecule is CCc1ccc2nc(C)cc(C(=O)NCc3csc(N(C)C)n3)c2c1. The number of nitrogens with one attached hydrogen (secondary N) is 1. The molecule has 3 aromatic rings. The van der Waals surface area contributed by atoms with Crippen LogP contribution in [-0.2, 0) is 13.0 Å². The van der Waals surface area contributed by atoms with Crippen LogP contribution in [0.15, 0.2) is 29.6 Å². The van der Waals surface area contributed by atoms with Gasteiger partial charge in [-0.1, -0.05) is 13.0 Å². The first kappa shape index (κ1) is 17.4. The number of fused-ring (bicyclic) bond motifs is 1. The van der Waals surface area contributed by atoms with Gasteiger partial charge in [-0.25, -0.2) is 4.98 Å². The minimum absolute atomic E-state index is 0.0943. The standard InChI is InChI=1S/C19H22N4OS/c1-5-13-6-7-17-15(9-13)16(8-12(2)21-17)18(24)20-10-14-11-25-19(22-14)23(3)4/h6-9,11H,5,10H2,1-4H3,(H,20,24). The largest absolute Gasteiger partial charge is 0.354 e. The minimum Gasteiger partial charge on any atom is -0.354 e. The summed E-state index contributed by atoms with van der Waals surface area (Å²) in [5, 5.41) is 6.79. The number of anilines is 1. The summed E-state index contributed by atoms with van der Waals surface area (Å²) >= 11 is 1.57. The molecular formula is C19H22N4OS. The molecule has 2 aromatic heterocycles. The third kappa shape index (κ3) is 3.79. The van der Waals surface area contributed by atoms with Crippen LogP contribution in [0.3, 0.4) is 0 Å². The first-order valence-corrected chi connectivity index (χ1v) is 9.16. The molecule has 0 unspecified atom stereocenters. The Morgan fingerprint density at radius 3 is 2.72 bits per heavy atom. The van der Waals surface area contributed by atoms with E-state index in [0.717, 1.165) is 33.8 Å². The van der Waals surface area contributed by atoms with Gasteiger partial charge in [-0.3, -0.25) is 9.78 Å². The van der Waals surface area contributed by atoms with Crippen molar-refractivity contribution in [3.8, 4) is 0 Å². The average molecular weight is 354 g/mol. The number of hydrogen-bond donors (Lipinski definition) is 1. The highest BCUT2D eigenvalue weighted by molar-refractivity contribution is 7.13. The first-order chi connectivity index (χ1) is 12.0. The molecule has 3 rings (SSSR count). The van der Waals surface area contributed by atoms with Crippen molar-refractivity contribution in [2.24, 2.45) is 0 Å². The molecule has 0 bridgehead atoms. The van der Waals surface area contributed by atoms with Gasteiger partial charge in [0.15, 0.2) is 5.13 Å². The molecule has 0 atom stereocenters. The van der Waals surface area contributed by atoms with Crippen molar-refractivity contribution in [3.63, 3.8) is 0 Å². The van der Waals surface area contributed by atoms with Crippen LogP contribution < -0.4 is 10.2 Å². The van der Waals surface area contributed by atoms with Gasteiger partial charge >= 0.3 is 0 Å². The van der Waals surface area contributed by atoms with Gasteiger partial charge in [0.25, 0.3) is 5.91 Å². The highest BCUT2D eigenvalue weighted by Crippen LogP contribution is 2.21. The summed E-state index contributed by atoms with van der Waals surface area (Å²) < 4.78 is 0. The van der Waals surface area contributed by atoms with Crippen molar-refractivity contribution in [1.82, 2.24) is 15.3 Å². The molecule has 2 heterocycles. The fourth-order valence-electron chi connectivity index (χ4n) is 2.66. The maximum Gasteiger partial charge on any atom is 0.252 e. The number of pyridine rings is 1. The predicted molar refractivity (Wildman–Crippen MR) is 103 cm³/mol. The number of carbonyl (C=O) groups excluding carboxylic acids is 1. The normalized spacial score (nSPS) is 10.9. The second-order valence-corrected chi connectivity index (χ2v) is 7.05. The molecule has 130 valence electrons. The highest BCUT2D eigenvalue weighted by Gasteiger charge is 2.13. The summed E-state index contributed by atoms with van der Waals surface area (Å²) in [6, 6.07) is 7.96. The van der Waals surface area contributed by atoms with E-state index in [2.05, 4.69) is 34.3 Å². The van der Waals surface area contributed by atoms with Crippen LogP contribution in [0.25, 0.3) is 10.9 Å². The fourth-order valence-corrected chi connectivity index (χ4v) is 3.42. The molecular weight excluding hydrogens is 332 g/mol. The first-order valence-electron chi connectivity index (χ1n) is 8.28. The molecule has 0 aliphatic rings. The number of hydrogen-bond acceptors (Lipinski definition) is 5. The van der Waals surface area contributed by atoms with Crippen LogP contribution >= 0.6 is 11.3 Å². The van der Waals surface area contributed by atoms with E-state index in [1.807, 2.05) is 43.4 Å². The van der Waals surface area contributed by atoms with E-state index < -0.39 is 0 Å². The Hall–Kier alpha value is -2.47. The lowest BCUT2D eigenvalue weighted by Gasteiger charge is -2.10. The van der Waals surface area contributed by atoms with Gasteiger partial charge in [0.05, 0.1) is 23.3 Å². The molecule has 0 aliphatic heterocycles. The number of rotatable bonds is 5. The van der Waals surface area contributed by atoms with E-state index in [1.165, 1.54) is 5.56 Å². The maximum atomic E-state index is 12.8. The summed E-state index contributed by atoms with van der Waals surface area (Å²) in [6.07, 6.45) is 0.928. The number of benzene rings is 1. The van der Waals surface area contributed by atoms with E-state index in [-0.39, 0.29) is 5.91 Å². The van der Waals surface area contributed by atoms with Crippen LogP contribution in [0.5, 0.6) is 0 Å². The van der Waals surface area contributed by atoms with Crippen molar-refractivity contribution < 1.29 is 4.79 Å². The van der Waals surface area contributed by atoms with Crippen molar-refractivity contribution in [2.75, 3.05) is 19.0 Å². The fraction of sp³-hybridized carbons (Fsp3) is 0.316. The van der Waals surface area contributed by atoms with E-state index in [0.29, 0.717) is 12.1 Å². The quantitative estimate of drug-likeness (QED) is 0.761. The van der Waals surface area contributed by atoms with Crippen LogP contribution in [0.4, 0.5) is 5.13 Å². The molecule has 0 spiro atoms. The Kier molecular flexibility index (Phi) is 4.99. The Morgan fingerprint density at radius 1 is 1.24 bits per heavy atom. The maximum absolute atomic E-state index is 12.8. The smallest absolute Gasteiger partial charge is 0.252 e. The number of nitrogens with zero attached hydrogens (tertiary/aromatic N) is 3. The lowest BCUT2D eigenvalue weighted by molar-refractivity contribution is 0.0952. The van der Waals surface area contributed by atoms with Gasteiger partial charge in [-0.05, 0) is 37.1 Å². The topological polar surface area (TPSA) is 58.1 Å². The number of amides is 1. The molecule has 6 heteroatoms. The number of aryl methyl sites for hydroxylation is 2. The highest BCUT2D eigenvalue weighted by atomic mass is 32.1. The zero-order chi connectivity index (χ0) is 18.0. The van der Waals surface area contributed by atoms with Gasteiger partial charge in [0.1, 0.15) is 0 Å². The Labute approximate surface area is 151 Å². The number of carbonyl (C=O) groups is 1. The molecule has 0 fully saturated rings. The molecule has 25 heavy (non-hydrogen) atoms. The Morgan fingerprint density at radius 2 is 2.04 bits per heavy atom. The molecule has 0 radical (unpaired) electrons. The summed E-state index contributed by atoms with van der Waals surface area (Å²) in [5.74, 6) is -0.0943. The molecule has 5 nitrogen and oxygen atoms in total. The summed E-state index contributed by atoms with van der Waals surface area (Å²) in [5.41, 5.74) is 4.42. The Balaban J connectivity index is 1.85. The minimum atomic E-state index is -0.0943. The zero-order valence-corrected chi connectivity index (χ0v) is 15.8. The van der Waals surface area contributed by atoms with E-state index >= 15 is 0 Å². The summed E-state index contributed by atoms with van der Waals surface area (Å²) in [7, 11) is 3.91. The van der Waals surface area contributed by atoms with E-state index in [9.17, 15) is 4.79 Å². The lowest BCUT2D eigenvalue weighted by atomic mass is 10.0. The van der Waals surface area contributed by atoms with Gasteiger partial charge in [-0.2, -0.15) is 0 Å². The molecule has 1 N–H and O–H groups in total. The third-order valence-corrected chi connectivity index (χ3v) is 5.06. The average Bonchev–Trinajstić information content (AvgIpc) is 3.08. The zero-order valence-electron chi connectivity index (χ0n) is 15.0. The second kappa shape index (κ2) is 7.19. The van der Waals surface area contributed by atoms with Gasteiger partial charge < -0.3 is 10.2 Å². The van der Waals surface area contributed by atoms with Crippen molar-refractivity contribution in [3.05, 3.63) is 52.2 Å². The lowest BCUT2D eigenvalue weighted by Crippen LogP contribution is -2.23. The van der Waals surface area contributed by atoms with Gasteiger partial charge in [-0.15, -0.1) is 11.3 Å². The predicted octanol–water partition coefficient (Wildman–Crippen LogP) is 3.56. The molecule has 1 amide bonds. The van der Waals surface area contributed by atoms with E-state index in [1.54, 1.807) is 11.3 Å². The van der Waals surface area contributed by atoms with E-state index in [4.69, 9.17) is 0 Å². The molecule has 1 aromatic carbocycles. The van der Waals surface area contributed by atoms with Crippen molar-refractivity contribution >= 4 is 33.3 Å². The second-order valence-electron chi connectivity index (χ2n) is 6.21. The van der Waals surface area contributed by atoms with Crippen LogP contribution in [0.2, 0.25) is 0 Å². The summed E-state index contributed by atoms with van der Waals surface area (Å²) in [6.45, 7) is 4.43. The number of thiazole rings is 1. The summed E-state index contributed by atoms with van der Waals surface area (Å²) in [4.78, 5) is 23.8. The van der Waals surface area contributed by atoms with Crippen LogP contribution in [0.1, 0.15) is 34.2 Å². The Bertz CT molecular complexity index is 917. The molecule has 0 saturated carbocycles. The van der Waals surface area contributed by atoms with Crippen LogP contribution in [0, 0.1) is 6.92 Å². The van der Waals surface area contributed by atoms with Gasteiger partial charge in [0, 0.05) is 30.6 Å². The molecule has 0 saturated heterocycles. The number of aromatic nitrogens is 2. The van der Waals surface area contributed by atoms with Gasteiger partial charge in [0.2, 0.25) is 0 Å². The van der Waals surface area contributed by atoms with Crippen LogP contribution in [-0.4, -0.2) is 30.0 Å². The van der Waals surface area contributed by atoms with Crippen molar-refractivity contribution in [2.45, 2.75) is 26.8 Å². The third-order valence-electron chi connectivity index (χ3n) is 4.01. The van der Waals surface area contributed by atoms with Crippen molar-refractivity contribution in [1.29, 1.82) is 0 Å².